The van der Waals surface area contributed by atoms with E-state index in [-0.39, 0.29) is 29.9 Å². The molecule has 2 aliphatic rings. The second kappa shape index (κ2) is 17.4. The quantitative estimate of drug-likeness (QED) is 0.299. The Hall–Kier alpha value is -1.85. The third-order valence-corrected chi connectivity index (χ3v) is 11.3. The van der Waals surface area contributed by atoms with Gasteiger partial charge in [-0.05, 0) is 97.2 Å². The number of benzene rings is 1. The van der Waals surface area contributed by atoms with E-state index in [9.17, 15) is 20.1 Å². The smallest absolute Gasteiger partial charge is 0.311 e. The van der Waals surface area contributed by atoms with Crippen LogP contribution in [0.1, 0.15) is 93.1 Å². The van der Waals surface area contributed by atoms with Crippen molar-refractivity contribution in [3.63, 3.8) is 0 Å². The average molecular weight is 676 g/mol. The van der Waals surface area contributed by atoms with E-state index in [1.165, 1.54) is 0 Å². The minimum Gasteiger partial charge on any atom is -0.459 e. The van der Waals surface area contributed by atoms with E-state index in [0.29, 0.717) is 25.7 Å². The van der Waals surface area contributed by atoms with E-state index in [2.05, 4.69) is 26.0 Å². The van der Waals surface area contributed by atoms with Gasteiger partial charge in [0.2, 0.25) is 0 Å². The zero-order valence-corrected chi connectivity index (χ0v) is 31.3. The molecule has 274 valence electrons. The number of nitrogens with zero attached hydrogens (tertiary/aromatic N) is 1. The van der Waals surface area contributed by atoms with Crippen LogP contribution in [0.15, 0.2) is 36.4 Å². The lowest BCUT2D eigenvalue weighted by Gasteiger charge is -2.48. The van der Waals surface area contributed by atoms with Crippen LogP contribution in [-0.2, 0) is 23.7 Å². The van der Waals surface area contributed by atoms with Crippen LogP contribution in [0.4, 0.5) is 0 Å². The van der Waals surface area contributed by atoms with E-state index in [1.54, 1.807) is 21.0 Å². The van der Waals surface area contributed by atoms with Crippen molar-refractivity contribution in [2.24, 2.45) is 29.6 Å². The molecule has 1 aromatic rings. The summed E-state index contributed by atoms with van der Waals surface area (Å²) in [5.41, 5.74) is -1.16. The first-order valence-electron chi connectivity index (χ1n) is 18.0. The molecule has 0 bridgehead atoms. The van der Waals surface area contributed by atoms with Crippen molar-refractivity contribution in [2.45, 2.75) is 142 Å². The van der Waals surface area contributed by atoms with Crippen LogP contribution in [0.3, 0.4) is 0 Å². The van der Waals surface area contributed by atoms with Crippen molar-refractivity contribution < 1.29 is 39.1 Å². The number of rotatable bonds is 8. The summed E-state index contributed by atoms with van der Waals surface area (Å²) in [4.78, 5) is 15.7. The molecule has 2 saturated heterocycles. The molecule has 14 atom stereocenters. The third-order valence-electron chi connectivity index (χ3n) is 11.3. The lowest BCUT2D eigenvalue weighted by Crippen LogP contribution is -2.59. The van der Waals surface area contributed by atoms with Crippen LogP contribution >= 0.6 is 0 Å². The van der Waals surface area contributed by atoms with Crippen molar-refractivity contribution in [1.29, 1.82) is 0 Å². The molecule has 3 N–H and O–H groups in total. The van der Waals surface area contributed by atoms with Crippen molar-refractivity contribution >= 4 is 12.0 Å². The molecular formula is C39H65NO8. The van der Waals surface area contributed by atoms with Gasteiger partial charge < -0.3 is 39.2 Å². The molecule has 0 radical (unpaired) electrons. The van der Waals surface area contributed by atoms with Crippen LogP contribution in [-0.4, -0.2) is 101 Å². The van der Waals surface area contributed by atoms with Gasteiger partial charge in [-0.1, -0.05) is 70.2 Å². The largest absolute Gasteiger partial charge is 0.459 e. The second-order valence-corrected chi connectivity index (χ2v) is 15.5. The Bertz CT molecular complexity index is 1160. The summed E-state index contributed by atoms with van der Waals surface area (Å²) in [5.74, 6) is -2.14. The Balaban J connectivity index is 2.03. The molecule has 0 spiro atoms. The maximum atomic E-state index is 13.7. The average Bonchev–Trinajstić information content (AvgIpc) is 3.03. The fourth-order valence-electron chi connectivity index (χ4n) is 8.35. The lowest BCUT2D eigenvalue weighted by molar-refractivity contribution is -0.301. The summed E-state index contributed by atoms with van der Waals surface area (Å²) in [5, 5.41) is 35.3. The fraction of sp³-hybridized carbons (Fsp3) is 0.769. The molecule has 0 saturated carbocycles. The highest BCUT2D eigenvalue weighted by Crippen LogP contribution is 2.42. The topological polar surface area (TPSA) is 118 Å². The Morgan fingerprint density at radius 2 is 1.67 bits per heavy atom. The number of aliphatic hydroxyl groups is 3. The normalized spacial score (nSPS) is 42.4. The maximum absolute atomic E-state index is 13.7. The number of methoxy groups -OCH3 is 1. The molecule has 3 rings (SSSR count). The van der Waals surface area contributed by atoms with Gasteiger partial charge in [0.05, 0.1) is 29.8 Å². The highest BCUT2D eigenvalue weighted by Gasteiger charge is 2.50. The Morgan fingerprint density at radius 1 is 1.02 bits per heavy atom. The summed E-state index contributed by atoms with van der Waals surface area (Å²) in [6, 6.07) is 9.89. The standard InChI is InChI=1S/C39H65NO8/c1-12-32-39(8,44)30(20-16-19-29-17-14-13-15-18-29)25(3)21-24(2)23-38(7,45-11)35(27(5)33(41)28(6)36(43)47-32)48-37-34(42)31(40(9)10)22-26(4)46-37/h13-19,24-28,30-35,37,41-42,44H,12,20-23H2,1-11H3/b19-16+/t24-,25?,26+,27+,28+,30-,31-,32+,33-,34+,35+,37-,38+,39-/m0/s1. The number of hydrogen-bond donors (Lipinski definition) is 3. The SMILES string of the molecule is CC[C@H]1OC(=O)[C@H](C)[C@@H](O)[C@@H](C)[C@@H](O[C@@H]2O[C@H](C)C[C@H](N(C)C)[C@H]2O)[C@](C)(OC)C[C@@H](C)CC(C)[C@H](C/C=C/c2ccccc2)[C@]1(C)O. The highest BCUT2D eigenvalue weighted by atomic mass is 16.7. The predicted octanol–water partition coefficient (Wildman–Crippen LogP) is 5.69. The van der Waals surface area contributed by atoms with Crippen LogP contribution < -0.4 is 0 Å². The first kappa shape index (κ1) is 40.6. The molecular weight excluding hydrogens is 610 g/mol. The molecule has 0 aliphatic carbocycles. The van der Waals surface area contributed by atoms with Crippen LogP contribution in [0.25, 0.3) is 6.08 Å². The van der Waals surface area contributed by atoms with E-state index in [0.717, 1.165) is 12.0 Å². The maximum Gasteiger partial charge on any atom is 0.311 e. The molecule has 1 aromatic carbocycles. The van der Waals surface area contributed by atoms with E-state index in [1.807, 2.05) is 77.0 Å². The van der Waals surface area contributed by atoms with Crippen LogP contribution in [0.5, 0.6) is 0 Å². The van der Waals surface area contributed by atoms with Gasteiger partial charge in [0.1, 0.15) is 17.8 Å². The summed E-state index contributed by atoms with van der Waals surface area (Å²) < 4.78 is 25.2. The Kier molecular flexibility index (Phi) is 14.7. The van der Waals surface area contributed by atoms with Gasteiger partial charge >= 0.3 is 5.97 Å². The van der Waals surface area contributed by atoms with Crippen LogP contribution in [0.2, 0.25) is 0 Å². The minimum atomic E-state index is -1.32. The Morgan fingerprint density at radius 3 is 2.25 bits per heavy atom. The summed E-state index contributed by atoms with van der Waals surface area (Å²) in [6.07, 6.45) is 2.48. The van der Waals surface area contributed by atoms with Crippen molar-refractivity contribution in [3.05, 3.63) is 42.0 Å². The zero-order chi connectivity index (χ0) is 36.0. The van der Waals surface area contributed by atoms with E-state index >= 15 is 0 Å². The first-order chi connectivity index (χ1) is 22.5. The van der Waals surface area contributed by atoms with Crippen LogP contribution in [0, 0.1) is 29.6 Å². The number of aliphatic hydroxyl groups excluding tert-OH is 2. The number of allylic oxidation sites excluding steroid dienone is 1. The number of esters is 1. The molecule has 2 fully saturated rings. The fourth-order valence-corrected chi connectivity index (χ4v) is 8.35. The molecule has 2 heterocycles. The Labute approximate surface area is 290 Å². The number of carbonyl (C=O) groups excluding carboxylic acids is 1. The number of hydrogen-bond acceptors (Lipinski definition) is 9. The summed E-state index contributed by atoms with van der Waals surface area (Å²) in [6.45, 7) is 15.5. The van der Waals surface area contributed by atoms with Gasteiger partial charge in [-0.2, -0.15) is 0 Å². The van der Waals surface area contributed by atoms with Gasteiger partial charge in [0.15, 0.2) is 6.29 Å². The number of cyclic esters (lactones) is 1. The lowest BCUT2D eigenvalue weighted by atomic mass is 9.69. The van der Waals surface area contributed by atoms with Gasteiger partial charge in [0, 0.05) is 19.1 Å². The van der Waals surface area contributed by atoms with Crippen molar-refractivity contribution in [3.8, 4) is 0 Å². The number of likely N-dealkylation sites (N-methyl/N-ethyl adjacent to an activating group) is 1. The van der Waals surface area contributed by atoms with E-state index < -0.39 is 59.7 Å². The molecule has 1 unspecified atom stereocenters. The van der Waals surface area contributed by atoms with Gasteiger partial charge in [0.25, 0.3) is 0 Å². The number of ether oxygens (including phenoxy) is 4. The van der Waals surface area contributed by atoms with Crippen molar-refractivity contribution in [2.75, 3.05) is 21.2 Å². The highest BCUT2D eigenvalue weighted by molar-refractivity contribution is 5.73. The predicted molar refractivity (Wildman–Crippen MR) is 189 cm³/mol. The number of carbonyl (C=O) groups is 1. The second-order valence-electron chi connectivity index (χ2n) is 15.5. The molecule has 48 heavy (non-hydrogen) atoms. The monoisotopic (exact) mass is 675 g/mol. The first-order valence-corrected chi connectivity index (χ1v) is 18.0. The van der Waals surface area contributed by atoms with E-state index in [4.69, 9.17) is 18.9 Å². The van der Waals surface area contributed by atoms with Gasteiger partial charge in [-0.25, -0.2) is 0 Å². The molecule has 0 aromatic heterocycles. The van der Waals surface area contributed by atoms with Gasteiger partial charge in [-0.15, -0.1) is 0 Å². The molecule has 0 amide bonds. The van der Waals surface area contributed by atoms with Crippen molar-refractivity contribution in [1.82, 2.24) is 4.90 Å². The third kappa shape index (κ3) is 9.68. The molecule has 9 nitrogen and oxygen atoms in total. The molecule has 9 heteroatoms. The summed E-state index contributed by atoms with van der Waals surface area (Å²) in [7, 11) is 5.50. The summed E-state index contributed by atoms with van der Waals surface area (Å²) >= 11 is 0. The van der Waals surface area contributed by atoms with Gasteiger partial charge in [-0.3, -0.25) is 4.79 Å². The molecule has 2 aliphatic heterocycles. The minimum absolute atomic E-state index is 0.0530. The zero-order valence-electron chi connectivity index (χ0n) is 31.3.